The van der Waals surface area contributed by atoms with Gasteiger partial charge in [0.1, 0.15) is 6.04 Å². The molecule has 2 aromatic rings. The predicted octanol–water partition coefficient (Wildman–Crippen LogP) is 3.62. The zero-order valence-corrected chi connectivity index (χ0v) is 18.2. The number of piperazine rings is 1. The smallest absolute Gasteiger partial charge is 0.328 e. The topological polar surface area (TPSA) is 93.0 Å². The number of carbonyl (C=O) groups excluding carboxylic acids is 2. The first kappa shape index (κ1) is 22.7. The number of hydrogen-bond donors (Lipinski definition) is 0. The summed E-state index contributed by atoms with van der Waals surface area (Å²) in [5.41, 5.74) is 1.49. The van der Waals surface area contributed by atoms with Gasteiger partial charge in [0.25, 0.3) is 11.6 Å². The number of hydrogen-bond acceptors (Lipinski definition) is 6. The van der Waals surface area contributed by atoms with Crippen LogP contribution < -0.4 is 0 Å². The van der Waals surface area contributed by atoms with Crippen molar-refractivity contribution in [1.82, 2.24) is 9.80 Å². The maximum absolute atomic E-state index is 12.9. The molecule has 8 nitrogen and oxygen atoms in total. The fraction of sp³-hybridized carbons (Fsp3) is 0.364. The molecule has 1 atom stereocenters. The SMILES string of the molecule is CCOC(=O)C(c1ccc(Cl)cc1)N1CCN(C(=O)c2ccc(C)c([N+](=O)[O-])c2)CC1. The highest BCUT2D eigenvalue weighted by Crippen LogP contribution is 2.26. The summed E-state index contributed by atoms with van der Waals surface area (Å²) in [5, 5.41) is 11.8. The third-order valence-corrected chi connectivity index (χ3v) is 5.57. The lowest BCUT2D eigenvalue weighted by Crippen LogP contribution is -2.51. The molecule has 0 aromatic heterocycles. The van der Waals surface area contributed by atoms with Crippen molar-refractivity contribution in [1.29, 1.82) is 0 Å². The third-order valence-electron chi connectivity index (χ3n) is 5.32. The van der Waals surface area contributed by atoms with Crippen LogP contribution in [0.3, 0.4) is 0 Å². The largest absolute Gasteiger partial charge is 0.465 e. The van der Waals surface area contributed by atoms with E-state index in [1.54, 1.807) is 55.1 Å². The van der Waals surface area contributed by atoms with Crippen molar-refractivity contribution in [3.8, 4) is 0 Å². The first-order valence-corrected chi connectivity index (χ1v) is 10.4. The van der Waals surface area contributed by atoms with Crippen LogP contribution in [0.1, 0.15) is 34.5 Å². The zero-order chi connectivity index (χ0) is 22.5. The Morgan fingerprint density at radius 2 is 1.77 bits per heavy atom. The van der Waals surface area contributed by atoms with Crippen LogP contribution in [0.25, 0.3) is 0 Å². The molecule has 0 bridgehead atoms. The summed E-state index contributed by atoms with van der Waals surface area (Å²) in [6, 6.07) is 11.0. The van der Waals surface area contributed by atoms with E-state index >= 15 is 0 Å². The number of carbonyl (C=O) groups is 2. The van der Waals surface area contributed by atoms with Crippen LogP contribution in [0.15, 0.2) is 42.5 Å². The molecular formula is C22H24ClN3O5. The van der Waals surface area contributed by atoms with Gasteiger partial charge in [-0.2, -0.15) is 0 Å². The molecule has 0 N–H and O–H groups in total. The highest BCUT2D eigenvalue weighted by molar-refractivity contribution is 6.30. The molecule has 2 aromatic carbocycles. The Morgan fingerprint density at radius 1 is 1.13 bits per heavy atom. The first-order chi connectivity index (χ1) is 14.8. The van der Waals surface area contributed by atoms with Crippen LogP contribution in [-0.4, -0.2) is 59.4 Å². The maximum Gasteiger partial charge on any atom is 0.328 e. The van der Waals surface area contributed by atoms with Gasteiger partial charge in [0, 0.05) is 48.4 Å². The number of halogens is 1. The minimum absolute atomic E-state index is 0.0744. The third kappa shape index (κ3) is 5.21. The Kier molecular flexibility index (Phi) is 7.25. The molecule has 9 heteroatoms. The van der Waals surface area contributed by atoms with Gasteiger partial charge in [0.15, 0.2) is 0 Å². The molecule has 1 amide bonds. The number of benzene rings is 2. The quantitative estimate of drug-likeness (QED) is 0.383. The van der Waals surface area contributed by atoms with Crippen LogP contribution in [0.2, 0.25) is 5.02 Å². The van der Waals surface area contributed by atoms with E-state index < -0.39 is 11.0 Å². The second-order valence-electron chi connectivity index (χ2n) is 7.29. The standard InChI is InChI=1S/C22H24ClN3O5/c1-3-31-22(28)20(16-6-8-18(23)9-7-16)24-10-12-25(13-11-24)21(27)17-5-4-15(2)19(14-17)26(29)30/h4-9,14,20H,3,10-13H2,1-2H3. The molecule has 3 rings (SSSR count). The lowest BCUT2D eigenvalue weighted by molar-refractivity contribution is -0.385. The lowest BCUT2D eigenvalue weighted by atomic mass is 10.0. The van der Waals surface area contributed by atoms with Gasteiger partial charge in [-0.3, -0.25) is 19.8 Å². The van der Waals surface area contributed by atoms with Gasteiger partial charge in [0.2, 0.25) is 0 Å². The highest BCUT2D eigenvalue weighted by atomic mass is 35.5. The molecule has 0 radical (unpaired) electrons. The van der Waals surface area contributed by atoms with Crippen LogP contribution in [-0.2, 0) is 9.53 Å². The fourth-order valence-electron chi connectivity index (χ4n) is 3.67. The van der Waals surface area contributed by atoms with Gasteiger partial charge in [-0.25, -0.2) is 4.79 Å². The van der Waals surface area contributed by atoms with Crippen molar-refractivity contribution < 1.29 is 19.2 Å². The minimum Gasteiger partial charge on any atom is -0.465 e. The van der Waals surface area contributed by atoms with Gasteiger partial charge in [-0.1, -0.05) is 29.8 Å². The number of esters is 1. The summed E-state index contributed by atoms with van der Waals surface area (Å²) in [4.78, 5) is 39.9. The number of amides is 1. The van der Waals surface area contributed by atoms with Crippen molar-refractivity contribution in [2.75, 3.05) is 32.8 Å². The van der Waals surface area contributed by atoms with Crippen molar-refractivity contribution in [3.63, 3.8) is 0 Å². The molecule has 1 saturated heterocycles. The van der Waals surface area contributed by atoms with E-state index in [0.717, 1.165) is 5.56 Å². The second kappa shape index (κ2) is 9.89. The summed E-state index contributed by atoms with van der Waals surface area (Å²) in [5.74, 6) is -0.610. The molecule has 0 spiro atoms. The van der Waals surface area contributed by atoms with Crippen LogP contribution in [0, 0.1) is 17.0 Å². The van der Waals surface area contributed by atoms with Crippen molar-refractivity contribution in [2.45, 2.75) is 19.9 Å². The normalized spacial score (nSPS) is 15.4. The molecule has 164 valence electrons. The Bertz CT molecular complexity index is 972. The molecule has 0 saturated carbocycles. The Hall–Kier alpha value is -2.97. The molecule has 1 heterocycles. The number of rotatable bonds is 6. The average molecular weight is 446 g/mol. The summed E-state index contributed by atoms with van der Waals surface area (Å²) in [6.45, 7) is 5.38. The van der Waals surface area contributed by atoms with Crippen LogP contribution >= 0.6 is 11.6 Å². The fourth-order valence-corrected chi connectivity index (χ4v) is 3.79. The lowest BCUT2D eigenvalue weighted by Gasteiger charge is -2.38. The van der Waals surface area contributed by atoms with Crippen LogP contribution in [0.5, 0.6) is 0 Å². The zero-order valence-electron chi connectivity index (χ0n) is 17.4. The molecule has 1 aliphatic heterocycles. The van der Waals surface area contributed by atoms with Crippen molar-refractivity contribution in [3.05, 3.63) is 74.3 Å². The van der Waals surface area contributed by atoms with Gasteiger partial charge < -0.3 is 9.64 Å². The Labute approximate surface area is 185 Å². The summed E-state index contributed by atoms with van der Waals surface area (Å²) in [6.07, 6.45) is 0. The van der Waals surface area contributed by atoms with Crippen molar-refractivity contribution in [2.24, 2.45) is 0 Å². The molecule has 1 aliphatic rings. The summed E-state index contributed by atoms with van der Waals surface area (Å²) < 4.78 is 5.27. The van der Waals surface area contributed by atoms with E-state index in [-0.39, 0.29) is 29.7 Å². The number of nitro benzene ring substituents is 1. The van der Waals surface area contributed by atoms with Crippen molar-refractivity contribution >= 4 is 29.2 Å². The predicted molar refractivity (Wildman–Crippen MR) is 116 cm³/mol. The minimum atomic E-state index is -0.588. The Morgan fingerprint density at radius 3 is 2.35 bits per heavy atom. The second-order valence-corrected chi connectivity index (χ2v) is 7.73. The van der Waals surface area contributed by atoms with E-state index in [0.29, 0.717) is 36.8 Å². The number of nitro groups is 1. The van der Waals surface area contributed by atoms with E-state index in [9.17, 15) is 19.7 Å². The molecule has 0 aliphatic carbocycles. The van der Waals surface area contributed by atoms with Gasteiger partial charge >= 0.3 is 5.97 Å². The van der Waals surface area contributed by atoms with E-state index in [1.165, 1.54) is 6.07 Å². The monoisotopic (exact) mass is 445 g/mol. The van der Waals surface area contributed by atoms with Gasteiger partial charge in [-0.15, -0.1) is 0 Å². The van der Waals surface area contributed by atoms with E-state index in [4.69, 9.17) is 16.3 Å². The first-order valence-electron chi connectivity index (χ1n) is 10.0. The summed E-state index contributed by atoms with van der Waals surface area (Å²) >= 11 is 5.98. The number of nitrogens with zero attached hydrogens (tertiary/aromatic N) is 3. The molecule has 1 unspecified atom stereocenters. The van der Waals surface area contributed by atoms with E-state index in [2.05, 4.69) is 0 Å². The van der Waals surface area contributed by atoms with Gasteiger partial charge in [-0.05, 0) is 37.6 Å². The Balaban J connectivity index is 1.74. The number of aryl methyl sites for hydroxylation is 1. The highest BCUT2D eigenvalue weighted by Gasteiger charge is 2.33. The molecule has 1 fully saturated rings. The molecular weight excluding hydrogens is 422 g/mol. The summed E-state index contributed by atoms with van der Waals surface area (Å²) in [7, 11) is 0. The van der Waals surface area contributed by atoms with Gasteiger partial charge in [0.05, 0.1) is 11.5 Å². The van der Waals surface area contributed by atoms with E-state index in [1.807, 2.05) is 4.90 Å². The maximum atomic E-state index is 12.9. The average Bonchev–Trinajstić information content (AvgIpc) is 2.75. The van der Waals surface area contributed by atoms with Crippen LogP contribution in [0.4, 0.5) is 5.69 Å². The molecule has 31 heavy (non-hydrogen) atoms. The number of ether oxygens (including phenoxy) is 1.